The number of hydrogen-bond donors (Lipinski definition) is 1. The van der Waals surface area contributed by atoms with E-state index < -0.39 is 24.0 Å². The molecule has 2 aromatic heterocycles. The van der Waals surface area contributed by atoms with Gasteiger partial charge in [0.15, 0.2) is 6.23 Å². The number of nitrogens with zero attached hydrogens (tertiary/aromatic N) is 3. The van der Waals surface area contributed by atoms with Crippen LogP contribution in [0.25, 0.3) is 22.2 Å². The second kappa shape index (κ2) is 17.4. The van der Waals surface area contributed by atoms with E-state index in [1.807, 2.05) is 132 Å². The first-order chi connectivity index (χ1) is 27.6. The van der Waals surface area contributed by atoms with E-state index in [1.165, 1.54) is 18.5 Å². The van der Waals surface area contributed by atoms with E-state index in [0.717, 1.165) is 33.2 Å². The lowest BCUT2D eigenvalue weighted by Gasteiger charge is -2.34. The van der Waals surface area contributed by atoms with Crippen molar-refractivity contribution in [1.82, 2.24) is 14.5 Å². The molecule has 8 rings (SSSR count). The molecule has 0 amide bonds. The molecule has 1 saturated heterocycles. The zero-order valence-corrected chi connectivity index (χ0v) is 31.0. The van der Waals surface area contributed by atoms with Gasteiger partial charge in [-0.25, -0.2) is 14.4 Å². The van der Waals surface area contributed by atoms with Gasteiger partial charge < -0.3 is 33.6 Å². The summed E-state index contributed by atoms with van der Waals surface area (Å²) in [6.07, 6.45) is 1.50. The zero-order chi connectivity index (χ0) is 38.2. The smallest absolute Gasteiger partial charge is 0.165 e. The summed E-state index contributed by atoms with van der Waals surface area (Å²) in [5, 5.41) is 4.17. The minimum atomic E-state index is -1.10. The van der Waals surface area contributed by atoms with Gasteiger partial charge in [0.05, 0.1) is 38.4 Å². The predicted octanol–water partition coefficient (Wildman–Crippen LogP) is 9.28. The Kier molecular flexibility index (Phi) is 11.5. The fraction of sp³-hybridized carbons (Fsp3) is 0.217. The summed E-state index contributed by atoms with van der Waals surface area (Å²) in [5.74, 6) is 0.237. The SMILES string of the molecule is COC[C@]1(COCc2ccccc2)O[C@@H](n2cc(-c3ccccc3)c3c(Nc4ccc(F)cc4)ncnc32)[C@@H](OCc2ccccc2)[C@H]1OCc1ccccc1. The van der Waals surface area contributed by atoms with E-state index in [2.05, 4.69) is 10.3 Å². The van der Waals surface area contributed by atoms with Crippen LogP contribution in [0.5, 0.6) is 0 Å². The molecule has 0 unspecified atom stereocenters. The van der Waals surface area contributed by atoms with Crippen LogP contribution < -0.4 is 5.32 Å². The van der Waals surface area contributed by atoms with Crippen molar-refractivity contribution in [2.75, 3.05) is 25.6 Å². The molecule has 1 aliphatic heterocycles. The summed E-state index contributed by atoms with van der Waals surface area (Å²) in [6.45, 7) is 1.32. The molecule has 0 bridgehead atoms. The predicted molar refractivity (Wildman–Crippen MR) is 214 cm³/mol. The van der Waals surface area contributed by atoms with Gasteiger partial charge in [-0.05, 0) is 46.5 Å². The zero-order valence-electron chi connectivity index (χ0n) is 31.0. The normalized spacial score (nSPS) is 19.4. The van der Waals surface area contributed by atoms with Gasteiger partial charge in [0.1, 0.15) is 41.4 Å². The summed E-state index contributed by atoms with van der Waals surface area (Å²) in [6, 6.07) is 46.4. The fourth-order valence-corrected chi connectivity index (χ4v) is 7.30. The third-order valence-corrected chi connectivity index (χ3v) is 9.93. The van der Waals surface area contributed by atoms with E-state index in [1.54, 1.807) is 19.2 Å². The third kappa shape index (κ3) is 8.25. The van der Waals surface area contributed by atoms with Crippen molar-refractivity contribution in [3.63, 3.8) is 0 Å². The van der Waals surface area contributed by atoms with E-state index in [9.17, 15) is 4.39 Å². The third-order valence-electron chi connectivity index (χ3n) is 9.93. The van der Waals surface area contributed by atoms with Crippen molar-refractivity contribution in [3.8, 4) is 11.1 Å². The Morgan fingerprint density at radius 1 is 0.696 bits per heavy atom. The highest BCUT2D eigenvalue weighted by atomic mass is 19.1. The molecule has 7 aromatic rings. The van der Waals surface area contributed by atoms with Crippen LogP contribution in [0, 0.1) is 5.82 Å². The van der Waals surface area contributed by atoms with Crippen molar-refractivity contribution in [2.45, 2.75) is 43.9 Å². The van der Waals surface area contributed by atoms with Gasteiger partial charge in [-0.2, -0.15) is 0 Å². The van der Waals surface area contributed by atoms with Gasteiger partial charge in [0.2, 0.25) is 0 Å². The van der Waals surface area contributed by atoms with Crippen molar-refractivity contribution >= 4 is 22.5 Å². The lowest BCUT2D eigenvalue weighted by molar-refractivity contribution is -0.179. The molecular weight excluding hydrogens is 708 g/mol. The maximum absolute atomic E-state index is 13.9. The number of aromatic nitrogens is 3. The largest absolute Gasteiger partial charge is 0.381 e. The Hall–Kier alpha value is -5.75. The molecular formula is C46H43FN4O5. The van der Waals surface area contributed by atoms with Crippen molar-refractivity contribution in [3.05, 3.63) is 181 Å². The van der Waals surface area contributed by atoms with Gasteiger partial charge in [-0.15, -0.1) is 0 Å². The molecule has 10 heteroatoms. The molecule has 3 heterocycles. The van der Waals surface area contributed by atoms with E-state index >= 15 is 0 Å². The van der Waals surface area contributed by atoms with Gasteiger partial charge in [0, 0.05) is 24.6 Å². The number of ether oxygens (including phenoxy) is 5. The minimum absolute atomic E-state index is 0.161. The number of halogens is 1. The minimum Gasteiger partial charge on any atom is -0.381 e. The lowest BCUT2D eigenvalue weighted by atomic mass is 9.96. The number of nitrogens with one attached hydrogen (secondary N) is 1. The van der Waals surface area contributed by atoms with Crippen molar-refractivity contribution < 1.29 is 28.1 Å². The van der Waals surface area contributed by atoms with Crippen molar-refractivity contribution in [2.24, 2.45) is 0 Å². The quantitative estimate of drug-likeness (QED) is 0.105. The Morgan fingerprint density at radius 3 is 1.91 bits per heavy atom. The summed E-state index contributed by atoms with van der Waals surface area (Å²) in [5.41, 5.74) is 5.09. The van der Waals surface area contributed by atoms with Crippen LogP contribution in [0.4, 0.5) is 15.9 Å². The van der Waals surface area contributed by atoms with Gasteiger partial charge in [-0.3, -0.25) is 0 Å². The first kappa shape index (κ1) is 37.2. The van der Waals surface area contributed by atoms with E-state index in [0.29, 0.717) is 37.0 Å². The van der Waals surface area contributed by atoms with Gasteiger partial charge in [0.25, 0.3) is 0 Å². The number of anilines is 2. The molecule has 1 aliphatic rings. The second-order valence-corrected chi connectivity index (χ2v) is 13.8. The van der Waals surface area contributed by atoms with Crippen LogP contribution in [0.2, 0.25) is 0 Å². The van der Waals surface area contributed by atoms with Crippen LogP contribution in [0.3, 0.4) is 0 Å². The summed E-state index contributed by atoms with van der Waals surface area (Å²) >= 11 is 0. The highest BCUT2D eigenvalue weighted by molar-refractivity contribution is 6.02. The molecule has 56 heavy (non-hydrogen) atoms. The standard InChI is InChI=1S/C46H43FN4O5/c1-52-30-46(31-53-27-33-14-6-2-7-15-33)42(55-29-35-18-10-4-11-19-35)41(54-28-34-16-8-3-9-17-34)45(56-46)51-26-39(36-20-12-5-13-21-36)40-43(48-32-49-44(40)51)50-38-24-22-37(47)23-25-38/h2-26,32,41-42,45H,27-31H2,1H3,(H,48,49,50)/t41-,42+,45+,46+/m0/s1. The number of fused-ring (bicyclic) bond motifs is 1. The number of rotatable bonds is 16. The number of hydrogen-bond acceptors (Lipinski definition) is 8. The molecule has 284 valence electrons. The Bertz CT molecular complexity index is 2300. The number of methoxy groups -OCH3 is 1. The molecule has 0 aliphatic carbocycles. The molecule has 1 fully saturated rings. The van der Waals surface area contributed by atoms with Gasteiger partial charge >= 0.3 is 0 Å². The van der Waals surface area contributed by atoms with Crippen LogP contribution >= 0.6 is 0 Å². The maximum atomic E-state index is 13.9. The first-order valence-corrected chi connectivity index (χ1v) is 18.6. The van der Waals surface area contributed by atoms with Crippen LogP contribution in [-0.4, -0.2) is 52.7 Å². The molecule has 0 saturated carbocycles. The van der Waals surface area contributed by atoms with Crippen molar-refractivity contribution in [1.29, 1.82) is 0 Å². The monoisotopic (exact) mass is 750 g/mol. The molecule has 9 nitrogen and oxygen atoms in total. The van der Waals surface area contributed by atoms with Crippen LogP contribution in [-0.2, 0) is 43.5 Å². The van der Waals surface area contributed by atoms with E-state index in [-0.39, 0.29) is 19.0 Å². The molecule has 5 aromatic carbocycles. The summed E-state index contributed by atoms with van der Waals surface area (Å²) in [4.78, 5) is 9.55. The molecule has 4 atom stereocenters. The first-order valence-electron chi connectivity index (χ1n) is 18.6. The molecule has 1 N–H and O–H groups in total. The summed E-state index contributed by atoms with van der Waals surface area (Å²) in [7, 11) is 1.66. The summed E-state index contributed by atoms with van der Waals surface area (Å²) < 4.78 is 49.5. The second-order valence-electron chi connectivity index (χ2n) is 13.8. The lowest BCUT2D eigenvalue weighted by Crippen LogP contribution is -2.52. The highest BCUT2D eigenvalue weighted by Gasteiger charge is 2.58. The van der Waals surface area contributed by atoms with Crippen LogP contribution in [0.15, 0.2) is 158 Å². The Labute approximate surface area is 325 Å². The number of benzene rings is 5. The maximum Gasteiger partial charge on any atom is 0.165 e. The average Bonchev–Trinajstić information content (AvgIpc) is 3.78. The molecule has 0 radical (unpaired) electrons. The Morgan fingerprint density at radius 2 is 1.29 bits per heavy atom. The highest BCUT2D eigenvalue weighted by Crippen LogP contribution is 2.46. The fourth-order valence-electron chi connectivity index (χ4n) is 7.30. The topological polar surface area (TPSA) is 88.9 Å². The average molecular weight is 751 g/mol. The van der Waals surface area contributed by atoms with Gasteiger partial charge in [-0.1, -0.05) is 121 Å². The molecule has 0 spiro atoms. The Balaban J connectivity index is 1.25. The van der Waals surface area contributed by atoms with Crippen LogP contribution in [0.1, 0.15) is 22.9 Å². The van der Waals surface area contributed by atoms with E-state index in [4.69, 9.17) is 28.7 Å².